The van der Waals surface area contributed by atoms with Gasteiger partial charge in [0.25, 0.3) is 0 Å². The molecule has 1 rings (SSSR count). The van der Waals surface area contributed by atoms with Gasteiger partial charge in [0.15, 0.2) is 0 Å². The fourth-order valence-corrected chi connectivity index (χ4v) is 1.95. The number of unbranched alkanes of at least 4 members (excludes halogenated alkanes) is 2. The predicted octanol–water partition coefficient (Wildman–Crippen LogP) is 4.24. The van der Waals surface area contributed by atoms with E-state index in [9.17, 15) is 5.26 Å². The van der Waals surface area contributed by atoms with E-state index in [0.29, 0.717) is 0 Å². The topological polar surface area (TPSA) is 23.8 Å². The van der Waals surface area contributed by atoms with Crippen molar-refractivity contribution in [2.75, 3.05) is 0 Å². The Morgan fingerprint density at radius 1 is 1.00 bits per heavy atom. The van der Waals surface area contributed by atoms with Gasteiger partial charge in [0.1, 0.15) is 0 Å². The van der Waals surface area contributed by atoms with Crippen molar-refractivity contribution in [2.45, 2.75) is 52.4 Å². The molecular weight excluding hydrogens is 194 g/mol. The first kappa shape index (κ1) is 12.8. The molecular formula is C15H21N. The molecule has 0 bridgehead atoms. The first-order chi connectivity index (χ1) is 7.83. The third-order valence-corrected chi connectivity index (χ3v) is 2.95. The molecule has 0 aliphatic heterocycles. The molecule has 0 saturated carbocycles. The van der Waals surface area contributed by atoms with Gasteiger partial charge in [-0.3, -0.25) is 0 Å². The van der Waals surface area contributed by atoms with E-state index in [1.54, 1.807) is 0 Å². The number of nitrogens with zero attached hydrogens (tertiary/aromatic N) is 1. The maximum absolute atomic E-state index is 9.25. The lowest BCUT2D eigenvalue weighted by atomic mass is 9.95. The minimum atomic E-state index is 0.935. The van der Waals surface area contributed by atoms with Crippen LogP contribution in [-0.4, -0.2) is 0 Å². The molecule has 0 N–H and O–H groups in total. The van der Waals surface area contributed by atoms with Crippen LogP contribution in [-0.2, 0) is 12.8 Å². The first-order valence-corrected chi connectivity index (χ1v) is 6.34. The summed E-state index contributed by atoms with van der Waals surface area (Å²) in [6.45, 7) is 4.37. The van der Waals surface area contributed by atoms with Gasteiger partial charge < -0.3 is 0 Å². The van der Waals surface area contributed by atoms with E-state index in [4.69, 9.17) is 0 Å². The van der Waals surface area contributed by atoms with Crippen LogP contribution in [0.2, 0.25) is 0 Å². The van der Waals surface area contributed by atoms with Crippen LogP contribution in [0.25, 0.3) is 0 Å². The Morgan fingerprint density at radius 2 is 1.50 bits per heavy atom. The molecule has 1 nitrogen and oxygen atoms in total. The summed E-state index contributed by atoms with van der Waals surface area (Å²) in [6.07, 6.45) is 6.80. The normalized spacial score (nSPS) is 10.1. The summed E-state index contributed by atoms with van der Waals surface area (Å²) < 4.78 is 0. The summed E-state index contributed by atoms with van der Waals surface area (Å²) in [5, 5.41) is 9.25. The van der Waals surface area contributed by atoms with Crippen LogP contribution >= 0.6 is 0 Å². The quantitative estimate of drug-likeness (QED) is 0.696. The highest BCUT2D eigenvalue weighted by Crippen LogP contribution is 2.18. The summed E-state index contributed by atoms with van der Waals surface area (Å²) in [6, 6.07) is 8.68. The number of hydrogen-bond acceptors (Lipinski definition) is 1. The average Bonchev–Trinajstić information content (AvgIpc) is 2.33. The molecule has 1 aromatic carbocycles. The van der Waals surface area contributed by atoms with Crippen LogP contribution in [0.15, 0.2) is 18.2 Å². The minimum absolute atomic E-state index is 0.935. The molecule has 0 aliphatic carbocycles. The maximum Gasteiger partial charge on any atom is 0.0997 e. The monoisotopic (exact) mass is 215 g/mol. The zero-order valence-corrected chi connectivity index (χ0v) is 10.4. The highest BCUT2D eigenvalue weighted by atomic mass is 14.3. The molecule has 0 spiro atoms. The summed E-state index contributed by atoms with van der Waals surface area (Å²) in [5.74, 6) is 0. The zero-order chi connectivity index (χ0) is 11.8. The van der Waals surface area contributed by atoms with E-state index in [1.165, 1.54) is 36.8 Å². The van der Waals surface area contributed by atoms with E-state index in [1.807, 2.05) is 0 Å². The highest BCUT2D eigenvalue weighted by molar-refractivity contribution is 5.44. The van der Waals surface area contributed by atoms with E-state index in [2.05, 4.69) is 38.1 Å². The second kappa shape index (κ2) is 7.06. The van der Waals surface area contributed by atoms with Crippen molar-refractivity contribution in [3.05, 3.63) is 34.9 Å². The lowest BCUT2D eigenvalue weighted by Crippen LogP contribution is -1.97. The average molecular weight is 215 g/mol. The zero-order valence-electron chi connectivity index (χ0n) is 10.4. The molecule has 0 heterocycles. The van der Waals surface area contributed by atoms with Crippen LogP contribution in [0.1, 0.15) is 56.2 Å². The molecule has 1 aromatic rings. The number of nitriles is 1. The molecule has 0 amide bonds. The summed E-state index contributed by atoms with van der Waals surface area (Å²) in [7, 11) is 0. The van der Waals surface area contributed by atoms with Gasteiger partial charge >= 0.3 is 0 Å². The highest BCUT2D eigenvalue weighted by Gasteiger charge is 2.06. The van der Waals surface area contributed by atoms with Crippen LogP contribution < -0.4 is 0 Å². The molecule has 16 heavy (non-hydrogen) atoms. The van der Waals surface area contributed by atoms with Gasteiger partial charge in [-0.15, -0.1) is 0 Å². The molecule has 0 radical (unpaired) electrons. The SMILES string of the molecule is CCCCc1cccc(CCCC)c1C#N. The van der Waals surface area contributed by atoms with Gasteiger partial charge in [-0.25, -0.2) is 0 Å². The van der Waals surface area contributed by atoms with Crippen LogP contribution in [0.4, 0.5) is 0 Å². The fourth-order valence-electron chi connectivity index (χ4n) is 1.95. The molecule has 1 heteroatoms. The number of benzene rings is 1. The van der Waals surface area contributed by atoms with Crippen LogP contribution in [0, 0.1) is 11.3 Å². The third-order valence-electron chi connectivity index (χ3n) is 2.95. The molecule has 0 unspecified atom stereocenters. The van der Waals surface area contributed by atoms with Crippen molar-refractivity contribution >= 4 is 0 Å². The van der Waals surface area contributed by atoms with Crippen molar-refractivity contribution < 1.29 is 0 Å². The maximum atomic E-state index is 9.25. The van der Waals surface area contributed by atoms with Crippen molar-refractivity contribution in [3.63, 3.8) is 0 Å². The Balaban J connectivity index is 2.88. The van der Waals surface area contributed by atoms with E-state index < -0.39 is 0 Å². The predicted molar refractivity (Wildman–Crippen MR) is 68.4 cm³/mol. The van der Waals surface area contributed by atoms with Crippen LogP contribution in [0.3, 0.4) is 0 Å². The third kappa shape index (κ3) is 3.38. The standard InChI is InChI=1S/C15H21N/c1-3-5-8-13-10-7-11-14(9-6-4-2)15(13)12-16/h7,10-11H,3-6,8-9H2,1-2H3. The van der Waals surface area contributed by atoms with Gasteiger partial charge in [0.2, 0.25) is 0 Å². The van der Waals surface area contributed by atoms with Gasteiger partial charge in [0, 0.05) is 0 Å². The largest absolute Gasteiger partial charge is 0.192 e. The minimum Gasteiger partial charge on any atom is -0.192 e. The van der Waals surface area contributed by atoms with Gasteiger partial charge in [0.05, 0.1) is 11.6 Å². The lowest BCUT2D eigenvalue weighted by molar-refractivity contribution is 0.777. The molecule has 0 aliphatic rings. The van der Waals surface area contributed by atoms with Crippen molar-refractivity contribution in [1.29, 1.82) is 5.26 Å². The number of aryl methyl sites for hydroxylation is 2. The molecule has 0 atom stereocenters. The number of hydrogen-bond donors (Lipinski definition) is 0. The van der Waals surface area contributed by atoms with E-state index >= 15 is 0 Å². The van der Waals surface area contributed by atoms with Crippen molar-refractivity contribution in [1.82, 2.24) is 0 Å². The Kier molecular flexibility index (Phi) is 5.64. The Labute approximate surface area is 99.1 Å². The summed E-state index contributed by atoms with van der Waals surface area (Å²) >= 11 is 0. The molecule has 86 valence electrons. The molecule has 0 saturated heterocycles. The molecule has 0 aromatic heterocycles. The van der Waals surface area contributed by atoms with Crippen LogP contribution in [0.5, 0.6) is 0 Å². The summed E-state index contributed by atoms with van der Waals surface area (Å²) in [5.41, 5.74) is 3.40. The first-order valence-electron chi connectivity index (χ1n) is 6.34. The second-order valence-corrected chi connectivity index (χ2v) is 4.27. The van der Waals surface area contributed by atoms with Crippen molar-refractivity contribution in [2.24, 2.45) is 0 Å². The smallest absolute Gasteiger partial charge is 0.0997 e. The Hall–Kier alpha value is -1.29. The summed E-state index contributed by atoms with van der Waals surface area (Å²) in [4.78, 5) is 0. The molecule has 0 fully saturated rings. The number of rotatable bonds is 6. The van der Waals surface area contributed by atoms with E-state index in [-0.39, 0.29) is 0 Å². The van der Waals surface area contributed by atoms with Gasteiger partial charge in [-0.2, -0.15) is 5.26 Å². The lowest BCUT2D eigenvalue weighted by Gasteiger charge is -2.08. The fraction of sp³-hybridized carbons (Fsp3) is 0.533. The Bertz CT molecular complexity index is 334. The second-order valence-electron chi connectivity index (χ2n) is 4.27. The van der Waals surface area contributed by atoms with E-state index in [0.717, 1.165) is 18.4 Å². The van der Waals surface area contributed by atoms with Crippen molar-refractivity contribution in [3.8, 4) is 6.07 Å². The Morgan fingerprint density at radius 3 is 1.88 bits per heavy atom. The van der Waals surface area contributed by atoms with Gasteiger partial charge in [-0.05, 0) is 36.8 Å². The van der Waals surface area contributed by atoms with Gasteiger partial charge in [-0.1, -0.05) is 44.9 Å².